The van der Waals surface area contributed by atoms with E-state index in [1.807, 2.05) is 0 Å². The van der Waals surface area contributed by atoms with Gasteiger partial charge in [0, 0.05) is 13.0 Å². The summed E-state index contributed by atoms with van der Waals surface area (Å²) in [7, 11) is 0. The topological polar surface area (TPSA) is 86.6 Å². The highest BCUT2D eigenvalue weighted by Crippen LogP contribution is 2.41. The van der Waals surface area contributed by atoms with Crippen LogP contribution in [0.1, 0.15) is 39.0 Å². The Bertz CT molecular complexity index is 269. The van der Waals surface area contributed by atoms with Gasteiger partial charge in [-0.05, 0) is 19.8 Å². The molecular weight excluding hydrogens is 210 g/mol. The number of aliphatic carboxylic acids is 1. The van der Waals surface area contributed by atoms with Crippen LogP contribution in [0.5, 0.6) is 0 Å². The first-order valence-corrected chi connectivity index (χ1v) is 5.64. The summed E-state index contributed by atoms with van der Waals surface area (Å²) >= 11 is 0. The number of carboxylic acids is 1. The maximum absolute atomic E-state index is 11.5. The standard InChI is InChI=1S/C11H19NO4/c1-8(13)7-12-9(14)6-11(10(15)16)4-2-3-5-11/h8,13H,2-7H2,1H3,(H,12,14)(H,15,16). The van der Waals surface area contributed by atoms with Gasteiger partial charge in [0.2, 0.25) is 5.91 Å². The SMILES string of the molecule is CC(O)CNC(=O)CC1(C(=O)O)CCCC1. The first-order valence-electron chi connectivity index (χ1n) is 5.64. The van der Waals surface area contributed by atoms with Gasteiger partial charge in [-0.1, -0.05) is 12.8 Å². The Balaban J connectivity index is 2.49. The van der Waals surface area contributed by atoms with Gasteiger partial charge in [-0.25, -0.2) is 0 Å². The van der Waals surface area contributed by atoms with Crippen molar-refractivity contribution >= 4 is 11.9 Å². The number of rotatable bonds is 5. The van der Waals surface area contributed by atoms with E-state index in [1.54, 1.807) is 6.92 Å². The number of amides is 1. The van der Waals surface area contributed by atoms with Gasteiger partial charge >= 0.3 is 5.97 Å². The van der Waals surface area contributed by atoms with Crippen molar-refractivity contribution in [2.75, 3.05) is 6.54 Å². The monoisotopic (exact) mass is 229 g/mol. The van der Waals surface area contributed by atoms with Crippen molar-refractivity contribution in [2.24, 2.45) is 5.41 Å². The molecule has 1 atom stereocenters. The maximum Gasteiger partial charge on any atom is 0.310 e. The van der Waals surface area contributed by atoms with E-state index in [1.165, 1.54) is 0 Å². The van der Waals surface area contributed by atoms with E-state index in [2.05, 4.69) is 5.32 Å². The van der Waals surface area contributed by atoms with Gasteiger partial charge in [-0.15, -0.1) is 0 Å². The zero-order chi connectivity index (χ0) is 12.2. The van der Waals surface area contributed by atoms with Gasteiger partial charge in [-0.3, -0.25) is 9.59 Å². The molecule has 1 aliphatic carbocycles. The number of carboxylic acid groups (broad SMARTS) is 1. The van der Waals surface area contributed by atoms with Gasteiger partial charge in [0.15, 0.2) is 0 Å². The van der Waals surface area contributed by atoms with E-state index in [-0.39, 0.29) is 18.9 Å². The Kier molecular flexibility index (Phi) is 4.29. The molecule has 5 heteroatoms. The number of nitrogens with one attached hydrogen (secondary N) is 1. The van der Waals surface area contributed by atoms with Crippen molar-refractivity contribution in [1.29, 1.82) is 0 Å². The molecule has 1 rings (SSSR count). The summed E-state index contributed by atoms with van der Waals surface area (Å²) in [6, 6.07) is 0. The van der Waals surface area contributed by atoms with Crippen molar-refractivity contribution in [2.45, 2.75) is 45.1 Å². The van der Waals surface area contributed by atoms with Crippen LogP contribution in [0.4, 0.5) is 0 Å². The lowest BCUT2D eigenvalue weighted by Gasteiger charge is -2.23. The smallest absolute Gasteiger partial charge is 0.310 e. The summed E-state index contributed by atoms with van der Waals surface area (Å²) in [6.45, 7) is 1.75. The predicted octanol–water partition coefficient (Wildman–Crippen LogP) is 0.518. The normalized spacial score (nSPS) is 20.4. The second kappa shape index (κ2) is 5.30. The van der Waals surface area contributed by atoms with Gasteiger partial charge in [0.25, 0.3) is 0 Å². The first-order chi connectivity index (χ1) is 7.46. The zero-order valence-electron chi connectivity index (χ0n) is 9.53. The van der Waals surface area contributed by atoms with E-state index in [4.69, 9.17) is 10.2 Å². The minimum absolute atomic E-state index is 0.0229. The number of aliphatic hydroxyl groups excluding tert-OH is 1. The number of hydrogen-bond acceptors (Lipinski definition) is 3. The van der Waals surface area contributed by atoms with E-state index < -0.39 is 17.5 Å². The predicted molar refractivity (Wildman–Crippen MR) is 57.8 cm³/mol. The Morgan fingerprint density at radius 1 is 1.38 bits per heavy atom. The molecule has 0 heterocycles. The molecular formula is C11H19NO4. The quantitative estimate of drug-likeness (QED) is 0.641. The molecule has 5 nitrogen and oxygen atoms in total. The van der Waals surface area contributed by atoms with Gasteiger partial charge in [0.05, 0.1) is 11.5 Å². The Morgan fingerprint density at radius 2 is 1.94 bits per heavy atom. The third kappa shape index (κ3) is 3.20. The lowest BCUT2D eigenvalue weighted by atomic mass is 9.82. The summed E-state index contributed by atoms with van der Waals surface area (Å²) in [5.74, 6) is -1.16. The molecule has 0 spiro atoms. The Hall–Kier alpha value is -1.10. The highest BCUT2D eigenvalue weighted by Gasteiger charge is 2.42. The lowest BCUT2D eigenvalue weighted by Crippen LogP contribution is -2.38. The molecule has 1 unspecified atom stereocenters. The number of carbonyl (C=O) groups excluding carboxylic acids is 1. The zero-order valence-corrected chi connectivity index (χ0v) is 9.53. The van der Waals surface area contributed by atoms with E-state index in [0.717, 1.165) is 12.8 Å². The van der Waals surface area contributed by atoms with Gasteiger partial charge in [-0.2, -0.15) is 0 Å². The Labute approximate surface area is 94.8 Å². The van der Waals surface area contributed by atoms with E-state index in [9.17, 15) is 9.59 Å². The van der Waals surface area contributed by atoms with Crippen LogP contribution < -0.4 is 5.32 Å². The fraction of sp³-hybridized carbons (Fsp3) is 0.818. The highest BCUT2D eigenvalue weighted by atomic mass is 16.4. The van der Waals surface area contributed by atoms with Crippen LogP contribution in [-0.4, -0.2) is 34.7 Å². The molecule has 0 aromatic rings. The minimum Gasteiger partial charge on any atom is -0.481 e. The van der Waals surface area contributed by atoms with Crippen LogP contribution in [0, 0.1) is 5.41 Å². The molecule has 1 saturated carbocycles. The summed E-state index contributed by atoms with van der Waals surface area (Å²) in [6.07, 6.45) is 2.31. The largest absolute Gasteiger partial charge is 0.481 e. The summed E-state index contributed by atoms with van der Waals surface area (Å²) in [5, 5.41) is 20.7. The molecule has 0 aliphatic heterocycles. The Morgan fingerprint density at radius 3 is 2.38 bits per heavy atom. The second-order valence-electron chi connectivity index (χ2n) is 4.62. The van der Waals surface area contributed by atoms with Crippen LogP contribution in [0.2, 0.25) is 0 Å². The third-order valence-corrected chi connectivity index (χ3v) is 3.11. The molecule has 0 aromatic carbocycles. The minimum atomic E-state index is -0.878. The molecule has 0 saturated heterocycles. The fourth-order valence-electron chi connectivity index (χ4n) is 2.15. The van der Waals surface area contributed by atoms with E-state index in [0.29, 0.717) is 12.8 Å². The van der Waals surface area contributed by atoms with Crippen molar-refractivity contribution in [3.8, 4) is 0 Å². The van der Waals surface area contributed by atoms with Crippen LogP contribution >= 0.6 is 0 Å². The molecule has 0 aromatic heterocycles. The second-order valence-corrected chi connectivity index (χ2v) is 4.62. The maximum atomic E-state index is 11.5. The van der Waals surface area contributed by atoms with Crippen LogP contribution in [0.3, 0.4) is 0 Å². The van der Waals surface area contributed by atoms with Crippen molar-refractivity contribution < 1.29 is 19.8 Å². The lowest BCUT2D eigenvalue weighted by molar-refractivity contribution is -0.151. The highest BCUT2D eigenvalue weighted by molar-refractivity contribution is 5.85. The summed E-state index contributed by atoms with van der Waals surface area (Å²) in [5.41, 5.74) is -0.872. The van der Waals surface area contributed by atoms with Crippen LogP contribution in [0.15, 0.2) is 0 Å². The molecule has 92 valence electrons. The average molecular weight is 229 g/mol. The third-order valence-electron chi connectivity index (χ3n) is 3.11. The molecule has 0 radical (unpaired) electrons. The van der Waals surface area contributed by atoms with Crippen molar-refractivity contribution in [3.63, 3.8) is 0 Å². The summed E-state index contributed by atoms with van der Waals surface area (Å²) in [4.78, 5) is 22.7. The van der Waals surface area contributed by atoms with Gasteiger partial charge in [0.1, 0.15) is 0 Å². The van der Waals surface area contributed by atoms with Crippen LogP contribution in [-0.2, 0) is 9.59 Å². The fourth-order valence-corrected chi connectivity index (χ4v) is 2.15. The molecule has 1 fully saturated rings. The summed E-state index contributed by atoms with van der Waals surface area (Å²) < 4.78 is 0. The van der Waals surface area contributed by atoms with Crippen molar-refractivity contribution in [1.82, 2.24) is 5.32 Å². The number of aliphatic hydroxyl groups is 1. The average Bonchev–Trinajstić information content (AvgIpc) is 2.64. The van der Waals surface area contributed by atoms with Crippen molar-refractivity contribution in [3.05, 3.63) is 0 Å². The molecule has 16 heavy (non-hydrogen) atoms. The number of hydrogen-bond donors (Lipinski definition) is 3. The molecule has 1 amide bonds. The molecule has 0 bridgehead atoms. The van der Waals surface area contributed by atoms with E-state index >= 15 is 0 Å². The molecule has 3 N–H and O–H groups in total. The number of carbonyl (C=O) groups is 2. The molecule has 1 aliphatic rings. The first kappa shape index (κ1) is 13.0. The van der Waals surface area contributed by atoms with Crippen LogP contribution in [0.25, 0.3) is 0 Å². The van der Waals surface area contributed by atoms with Gasteiger partial charge < -0.3 is 15.5 Å².